The Balaban J connectivity index is 4.16. The molecule has 0 spiro atoms. The SMILES string of the molecule is C[N+](C)(C)CC(CC(=O)O)OC(=O)CC/C=C/CCC(=O)O. The maximum atomic E-state index is 11.7. The number of allylic oxidation sites excluding steroid dienone is 2. The molecule has 0 amide bonds. The van der Waals surface area contributed by atoms with Crippen LogP contribution in [-0.4, -0.2) is 66.4 Å². The summed E-state index contributed by atoms with van der Waals surface area (Å²) in [7, 11) is 5.69. The fraction of sp³-hybridized carbons (Fsp3) is 0.667. The van der Waals surface area contributed by atoms with Crippen molar-refractivity contribution in [3.8, 4) is 0 Å². The van der Waals surface area contributed by atoms with Crippen LogP contribution < -0.4 is 0 Å². The van der Waals surface area contributed by atoms with Crippen molar-refractivity contribution in [2.75, 3.05) is 27.7 Å². The third kappa shape index (κ3) is 13.1. The van der Waals surface area contributed by atoms with Crippen LogP contribution in [0.25, 0.3) is 0 Å². The zero-order chi connectivity index (χ0) is 17.2. The molecule has 7 nitrogen and oxygen atoms in total. The van der Waals surface area contributed by atoms with E-state index in [1.807, 2.05) is 21.1 Å². The fourth-order valence-corrected chi connectivity index (χ4v) is 1.84. The number of carbonyl (C=O) groups excluding carboxylic acids is 1. The van der Waals surface area contributed by atoms with Crippen LogP contribution in [0.1, 0.15) is 32.1 Å². The highest BCUT2D eigenvalue weighted by Gasteiger charge is 2.24. The number of hydrogen-bond acceptors (Lipinski definition) is 4. The van der Waals surface area contributed by atoms with E-state index < -0.39 is 24.0 Å². The van der Waals surface area contributed by atoms with E-state index >= 15 is 0 Å². The summed E-state index contributed by atoms with van der Waals surface area (Å²) in [6.07, 6.45) is 3.66. The Morgan fingerprint density at radius 2 is 1.55 bits per heavy atom. The van der Waals surface area contributed by atoms with Crippen LogP contribution in [0.4, 0.5) is 0 Å². The van der Waals surface area contributed by atoms with E-state index in [0.29, 0.717) is 23.9 Å². The molecule has 0 radical (unpaired) electrons. The minimum atomic E-state index is -1.00. The van der Waals surface area contributed by atoms with Crippen molar-refractivity contribution < 1.29 is 33.8 Å². The molecule has 0 bridgehead atoms. The normalized spacial score (nSPS) is 13.0. The molecule has 0 fully saturated rings. The molecule has 0 aliphatic heterocycles. The van der Waals surface area contributed by atoms with Gasteiger partial charge in [0.25, 0.3) is 0 Å². The van der Waals surface area contributed by atoms with Gasteiger partial charge < -0.3 is 19.4 Å². The zero-order valence-corrected chi connectivity index (χ0v) is 13.4. The first-order valence-corrected chi connectivity index (χ1v) is 7.18. The molecule has 1 atom stereocenters. The summed E-state index contributed by atoms with van der Waals surface area (Å²) in [6, 6.07) is 0. The van der Waals surface area contributed by atoms with Gasteiger partial charge in [-0.3, -0.25) is 14.4 Å². The first-order chi connectivity index (χ1) is 10.1. The molecular formula is C15H26NO6+. The number of quaternary nitrogens is 1. The van der Waals surface area contributed by atoms with Gasteiger partial charge >= 0.3 is 17.9 Å². The van der Waals surface area contributed by atoms with Gasteiger partial charge in [-0.05, 0) is 12.8 Å². The second-order valence-electron chi connectivity index (χ2n) is 6.13. The minimum Gasteiger partial charge on any atom is -0.481 e. The quantitative estimate of drug-likeness (QED) is 0.338. The molecule has 0 aliphatic rings. The van der Waals surface area contributed by atoms with Gasteiger partial charge in [0.15, 0.2) is 6.10 Å². The molecule has 0 aromatic carbocycles. The Morgan fingerprint density at radius 3 is 2.00 bits per heavy atom. The Morgan fingerprint density at radius 1 is 1.00 bits per heavy atom. The third-order valence-electron chi connectivity index (χ3n) is 2.66. The number of carboxylic acid groups (broad SMARTS) is 2. The van der Waals surface area contributed by atoms with Crippen molar-refractivity contribution in [3.05, 3.63) is 12.2 Å². The van der Waals surface area contributed by atoms with E-state index in [9.17, 15) is 14.4 Å². The van der Waals surface area contributed by atoms with Gasteiger partial charge in [0, 0.05) is 12.8 Å². The Kier molecular flexibility index (Phi) is 9.09. The van der Waals surface area contributed by atoms with Crippen LogP contribution in [0, 0.1) is 0 Å². The lowest BCUT2D eigenvalue weighted by Crippen LogP contribution is -2.43. The van der Waals surface area contributed by atoms with E-state index in [0.717, 1.165) is 0 Å². The van der Waals surface area contributed by atoms with Crippen molar-refractivity contribution in [2.45, 2.75) is 38.2 Å². The summed E-state index contributed by atoms with van der Waals surface area (Å²) in [5.74, 6) is -2.30. The zero-order valence-electron chi connectivity index (χ0n) is 13.4. The van der Waals surface area contributed by atoms with Crippen molar-refractivity contribution >= 4 is 17.9 Å². The van der Waals surface area contributed by atoms with Gasteiger partial charge in [-0.15, -0.1) is 0 Å². The van der Waals surface area contributed by atoms with Crippen LogP contribution in [0.15, 0.2) is 12.2 Å². The molecule has 0 rings (SSSR count). The van der Waals surface area contributed by atoms with E-state index in [1.165, 1.54) is 0 Å². The highest BCUT2D eigenvalue weighted by molar-refractivity contribution is 5.71. The molecule has 0 aromatic heterocycles. The van der Waals surface area contributed by atoms with Gasteiger partial charge in [0.05, 0.1) is 27.6 Å². The molecule has 1 unspecified atom stereocenters. The summed E-state index contributed by atoms with van der Waals surface area (Å²) >= 11 is 0. The monoisotopic (exact) mass is 316 g/mol. The first-order valence-electron chi connectivity index (χ1n) is 7.18. The average molecular weight is 316 g/mol. The predicted octanol–water partition coefficient (Wildman–Crippen LogP) is 1.28. The first kappa shape index (κ1) is 20.1. The van der Waals surface area contributed by atoms with Crippen LogP contribution in [0.5, 0.6) is 0 Å². The number of carbonyl (C=O) groups is 3. The van der Waals surface area contributed by atoms with Gasteiger partial charge in [-0.2, -0.15) is 0 Å². The lowest BCUT2D eigenvalue weighted by Gasteiger charge is -2.28. The highest BCUT2D eigenvalue weighted by Crippen LogP contribution is 2.07. The smallest absolute Gasteiger partial charge is 0.307 e. The second kappa shape index (κ2) is 9.94. The molecule has 2 N–H and O–H groups in total. The predicted molar refractivity (Wildman–Crippen MR) is 80.3 cm³/mol. The van der Waals surface area contributed by atoms with Crippen molar-refractivity contribution in [2.24, 2.45) is 0 Å². The average Bonchev–Trinajstić information content (AvgIpc) is 2.29. The molecule has 22 heavy (non-hydrogen) atoms. The maximum Gasteiger partial charge on any atom is 0.307 e. The van der Waals surface area contributed by atoms with E-state index in [-0.39, 0.29) is 19.3 Å². The van der Waals surface area contributed by atoms with Gasteiger partial charge in [-0.1, -0.05) is 12.2 Å². The lowest BCUT2D eigenvalue weighted by molar-refractivity contribution is -0.873. The van der Waals surface area contributed by atoms with Crippen molar-refractivity contribution in [1.82, 2.24) is 0 Å². The molecule has 7 heteroatoms. The summed E-state index contributed by atoms with van der Waals surface area (Å²) in [5, 5.41) is 17.3. The minimum absolute atomic E-state index is 0.0606. The molecule has 0 aromatic rings. The Bertz CT molecular complexity index is 411. The van der Waals surface area contributed by atoms with Gasteiger partial charge in [-0.25, -0.2) is 0 Å². The highest BCUT2D eigenvalue weighted by atomic mass is 16.5. The second-order valence-corrected chi connectivity index (χ2v) is 6.13. The number of nitrogens with zero attached hydrogens (tertiary/aromatic N) is 1. The number of likely N-dealkylation sites (N-methyl/N-ethyl adjacent to an activating group) is 1. The molecule has 0 saturated carbocycles. The number of aliphatic carboxylic acids is 2. The molecule has 126 valence electrons. The molecule has 0 aliphatic carbocycles. The molecule has 0 heterocycles. The van der Waals surface area contributed by atoms with Gasteiger partial charge in [0.1, 0.15) is 6.54 Å². The van der Waals surface area contributed by atoms with Crippen LogP contribution in [0.2, 0.25) is 0 Å². The lowest BCUT2D eigenvalue weighted by atomic mass is 10.2. The molecular weight excluding hydrogens is 290 g/mol. The van der Waals surface area contributed by atoms with Crippen molar-refractivity contribution in [1.29, 1.82) is 0 Å². The summed E-state index contributed by atoms with van der Waals surface area (Å²) in [4.78, 5) is 32.8. The van der Waals surface area contributed by atoms with E-state index in [1.54, 1.807) is 12.2 Å². The third-order valence-corrected chi connectivity index (χ3v) is 2.66. The van der Waals surface area contributed by atoms with Crippen LogP contribution in [0.3, 0.4) is 0 Å². The number of rotatable bonds is 11. The van der Waals surface area contributed by atoms with E-state index in [2.05, 4.69) is 0 Å². The summed E-state index contributed by atoms with van der Waals surface area (Å²) in [6.45, 7) is 0.423. The largest absolute Gasteiger partial charge is 0.481 e. The Hall–Kier alpha value is -1.89. The van der Waals surface area contributed by atoms with Crippen LogP contribution in [-0.2, 0) is 19.1 Å². The van der Waals surface area contributed by atoms with Crippen LogP contribution >= 0.6 is 0 Å². The number of hydrogen-bond donors (Lipinski definition) is 2. The topological polar surface area (TPSA) is 101 Å². The standard InChI is InChI=1S/C15H25NO6/c1-16(2,3)11-12(10-14(19)20)22-15(21)9-7-5-4-6-8-13(17)18/h4-5,12H,6-11H2,1-3H3,(H-,17,18,19,20)/p+1/b5-4+. The maximum absolute atomic E-state index is 11.7. The summed E-state index contributed by atoms with van der Waals surface area (Å²) < 4.78 is 5.72. The fourth-order valence-electron chi connectivity index (χ4n) is 1.84. The van der Waals surface area contributed by atoms with Crippen molar-refractivity contribution in [3.63, 3.8) is 0 Å². The van der Waals surface area contributed by atoms with E-state index in [4.69, 9.17) is 14.9 Å². The number of ether oxygens (including phenoxy) is 1. The number of carboxylic acids is 2. The Labute approximate surface area is 130 Å². The summed E-state index contributed by atoms with van der Waals surface area (Å²) in [5.41, 5.74) is 0. The molecule has 0 saturated heterocycles. The van der Waals surface area contributed by atoms with Gasteiger partial charge in [0.2, 0.25) is 0 Å². The number of esters is 1.